The number of aryl methyl sites for hydroxylation is 3. The van der Waals surface area contributed by atoms with Crippen molar-refractivity contribution in [3.05, 3.63) is 44.6 Å². The van der Waals surface area contributed by atoms with Gasteiger partial charge in [-0.15, -0.1) is 5.10 Å². The highest BCUT2D eigenvalue weighted by Crippen LogP contribution is 2.31. The minimum atomic E-state index is -1.08. The zero-order valence-corrected chi connectivity index (χ0v) is 13.8. The molecule has 0 fully saturated rings. The van der Waals surface area contributed by atoms with Gasteiger partial charge in [0.05, 0.1) is 5.69 Å². The second-order valence-electron chi connectivity index (χ2n) is 4.87. The molecule has 1 aromatic carbocycles. The Hall–Kier alpha value is -1.95. The zero-order chi connectivity index (χ0) is 15.7. The topological polar surface area (TPSA) is 72.3 Å². The largest absolute Gasteiger partial charge is 0.477 e. The second-order valence-corrected chi connectivity index (χ2v) is 5.66. The monoisotopic (exact) mass is 350 g/mol. The molecular formula is C15H15BrN2O3. The molecule has 0 radical (unpaired) electrons. The Morgan fingerprint density at radius 2 is 1.71 bits per heavy atom. The summed E-state index contributed by atoms with van der Waals surface area (Å²) in [5, 5.41) is 17.2. The van der Waals surface area contributed by atoms with Crippen molar-refractivity contribution in [1.82, 2.24) is 10.2 Å². The van der Waals surface area contributed by atoms with Crippen LogP contribution in [0.5, 0.6) is 11.6 Å². The van der Waals surface area contributed by atoms with E-state index in [9.17, 15) is 9.90 Å². The van der Waals surface area contributed by atoms with E-state index < -0.39 is 5.97 Å². The summed E-state index contributed by atoms with van der Waals surface area (Å²) in [5.74, 6) is -0.536. The van der Waals surface area contributed by atoms with E-state index in [4.69, 9.17) is 4.74 Å². The van der Waals surface area contributed by atoms with Crippen LogP contribution in [0.3, 0.4) is 0 Å². The van der Waals surface area contributed by atoms with Crippen molar-refractivity contribution < 1.29 is 14.6 Å². The minimum absolute atomic E-state index is 0.00622. The zero-order valence-electron chi connectivity index (χ0n) is 12.2. The number of benzene rings is 1. The smallest absolute Gasteiger partial charge is 0.341 e. The molecule has 21 heavy (non-hydrogen) atoms. The molecule has 110 valence electrons. The summed E-state index contributed by atoms with van der Waals surface area (Å²) in [6.45, 7) is 7.28. The third kappa shape index (κ3) is 3.05. The van der Waals surface area contributed by atoms with Gasteiger partial charge in [-0.25, -0.2) is 4.79 Å². The maximum atomic E-state index is 11.4. The number of nitrogens with zero attached hydrogens (tertiary/aromatic N) is 2. The molecule has 6 heteroatoms. The molecule has 0 aliphatic carbocycles. The van der Waals surface area contributed by atoms with Gasteiger partial charge in [0.2, 0.25) is 0 Å². The predicted molar refractivity (Wildman–Crippen MR) is 82.2 cm³/mol. The second kappa shape index (κ2) is 5.81. The van der Waals surface area contributed by atoms with Gasteiger partial charge in [0, 0.05) is 4.47 Å². The molecule has 2 rings (SSSR count). The number of carboxylic acids is 1. The van der Waals surface area contributed by atoms with Gasteiger partial charge < -0.3 is 9.84 Å². The maximum Gasteiger partial charge on any atom is 0.341 e. The fraction of sp³-hybridized carbons (Fsp3) is 0.267. The summed E-state index contributed by atoms with van der Waals surface area (Å²) >= 11 is 3.48. The van der Waals surface area contributed by atoms with Crippen molar-refractivity contribution in [2.24, 2.45) is 0 Å². The molecule has 0 aliphatic heterocycles. The first-order chi connectivity index (χ1) is 9.81. The standard InChI is InChI=1S/C15H15BrN2O3/c1-7-5-11(6-8(2)13(7)16)21-14-12(15(19)20)9(3)10(4)17-18-14/h5-6H,1-4H3,(H,19,20). The van der Waals surface area contributed by atoms with Gasteiger partial charge in [0.25, 0.3) is 5.88 Å². The molecule has 0 spiro atoms. The molecule has 0 saturated carbocycles. The van der Waals surface area contributed by atoms with Gasteiger partial charge in [-0.2, -0.15) is 5.10 Å². The highest BCUT2D eigenvalue weighted by Gasteiger charge is 2.20. The van der Waals surface area contributed by atoms with E-state index in [1.807, 2.05) is 26.0 Å². The molecule has 0 bridgehead atoms. The first-order valence-electron chi connectivity index (χ1n) is 6.33. The molecule has 0 unspecified atom stereocenters. The van der Waals surface area contributed by atoms with E-state index in [1.54, 1.807) is 13.8 Å². The van der Waals surface area contributed by atoms with Crippen molar-refractivity contribution in [2.45, 2.75) is 27.7 Å². The Bertz CT molecular complexity index is 706. The van der Waals surface area contributed by atoms with Crippen molar-refractivity contribution in [3.63, 3.8) is 0 Å². The van der Waals surface area contributed by atoms with Crippen molar-refractivity contribution >= 4 is 21.9 Å². The molecule has 0 saturated heterocycles. The average molecular weight is 351 g/mol. The predicted octanol–water partition coefficient (Wildman–Crippen LogP) is 3.96. The Morgan fingerprint density at radius 1 is 1.14 bits per heavy atom. The fourth-order valence-electron chi connectivity index (χ4n) is 1.99. The number of rotatable bonds is 3. The quantitative estimate of drug-likeness (QED) is 0.906. The highest BCUT2D eigenvalue weighted by molar-refractivity contribution is 9.10. The van der Waals surface area contributed by atoms with Crippen LogP contribution in [0.25, 0.3) is 0 Å². The van der Waals surface area contributed by atoms with Gasteiger partial charge in [-0.3, -0.25) is 0 Å². The molecule has 0 amide bonds. The number of hydrogen-bond donors (Lipinski definition) is 1. The van der Waals surface area contributed by atoms with Crippen molar-refractivity contribution in [1.29, 1.82) is 0 Å². The number of carboxylic acid groups (broad SMARTS) is 1. The minimum Gasteiger partial charge on any atom is -0.477 e. The third-order valence-electron chi connectivity index (χ3n) is 3.26. The van der Waals surface area contributed by atoms with Crippen LogP contribution in [0.1, 0.15) is 32.7 Å². The van der Waals surface area contributed by atoms with Crippen LogP contribution in [-0.2, 0) is 0 Å². The normalized spacial score (nSPS) is 10.5. The van der Waals surface area contributed by atoms with Crippen LogP contribution in [0, 0.1) is 27.7 Å². The van der Waals surface area contributed by atoms with Gasteiger partial charge in [0.1, 0.15) is 11.3 Å². The van der Waals surface area contributed by atoms with Gasteiger partial charge in [0.15, 0.2) is 0 Å². The summed E-state index contributed by atoms with van der Waals surface area (Å²) < 4.78 is 6.65. The molecule has 0 atom stereocenters. The number of halogens is 1. The molecular weight excluding hydrogens is 336 g/mol. The lowest BCUT2D eigenvalue weighted by molar-refractivity contribution is 0.0692. The highest BCUT2D eigenvalue weighted by atomic mass is 79.9. The van der Waals surface area contributed by atoms with Crippen LogP contribution >= 0.6 is 15.9 Å². The molecule has 1 heterocycles. The molecule has 5 nitrogen and oxygen atoms in total. The van der Waals surface area contributed by atoms with E-state index in [2.05, 4.69) is 26.1 Å². The average Bonchev–Trinajstić information content (AvgIpc) is 2.40. The Labute approximate surface area is 131 Å². The first-order valence-corrected chi connectivity index (χ1v) is 7.12. The maximum absolute atomic E-state index is 11.4. The van der Waals surface area contributed by atoms with Crippen LogP contribution in [0.2, 0.25) is 0 Å². The van der Waals surface area contributed by atoms with Crippen LogP contribution in [0.4, 0.5) is 0 Å². The summed E-state index contributed by atoms with van der Waals surface area (Å²) in [5.41, 5.74) is 3.17. The number of aromatic nitrogens is 2. The summed E-state index contributed by atoms with van der Waals surface area (Å²) in [6, 6.07) is 3.64. The molecule has 1 N–H and O–H groups in total. The SMILES string of the molecule is Cc1cc(Oc2nnc(C)c(C)c2C(=O)O)cc(C)c1Br. The van der Waals surface area contributed by atoms with Crippen LogP contribution < -0.4 is 4.74 Å². The summed E-state index contributed by atoms with van der Waals surface area (Å²) in [6.07, 6.45) is 0. The number of carbonyl (C=O) groups is 1. The lowest BCUT2D eigenvalue weighted by Gasteiger charge is -2.12. The first kappa shape index (κ1) is 15.4. The van der Waals surface area contributed by atoms with E-state index in [0.29, 0.717) is 17.0 Å². The number of aromatic carboxylic acids is 1. The van der Waals surface area contributed by atoms with Crippen LogP contribution in [0.15, 0.2) is 16.6 Å². The Kier molecular flexibility index (Phi) is 4.27. The summed E-state index contributed by atoms with van der Waals surface area (Å²) in [7, 11) is 0. The fourth-order valence-corrected chi connectivity index (χ4v) is 2.22. The lowest BCUT2D eigenvalue weighted by Crippen LogP contribution is -2.08. The van der Waals surface area contributed by atoms with Gasteiger partial charge in [-0.05, 0) is 56.5 Å². The van der Waals surface area contributed by atoms with Gasteiger partial charge >= 0.3 is 5.97 Å². The van der Waals surface area contributed by atoms with E-state index in [-0.39, 0.29) is 11.4 Å². The lowest BCUT2D eigenvalue weighted by atomic mass is 10.1. The van der Waals surface area contributed by atoms with E-state index in [0.717, 1.165) is 15.6 Å². The molecule has 2 aromatic rings. The third-order valence-corrected chi connectivity index (χ3v) is 4.51. The Balaban J connectivity index is 2.50. The number of hydrogen-bond acceptors (Lipinski definition) is 4. The van der Waals surface area contributed by atoms with E-state index >= 15 is 0 Å². The molecule has 0 aliphatic rings. The summed E-state index contributed by atoms with van der Waals surface area (Å²) in [4.78, 5) is 11.4. The van der Waals surface area contributed by atoms with E-state index in [1.165, 1.54) is 0 Å². The Morgan fingerprint density at radius 3 is 2.24 bits per heavy atom. The number of ether oxygens (including phenoxy) is 1. The van der Waals surface area contributed by atoms with Gasteiger partial charge in [-0.1, -0.05) is 15.9 Å². The molecule has 1 aromatic heterocycles. The van der Waals surface area contributed by atoms with Crippen molar-refractivity contribution in [2.75, 3.05) is 0 Å². The van der Waals surface area contributed by atoms with Crippen LogP contribution in [-0.4, -0.2) is 21.3 Å². The van der Waals surface area contributed by atoms with Crippen molar-refractivity contribution in [3.8, 4) is 11.6 Å².